The summed E-state index contributed by atoms with van der Waals surface area (Å²) in [5.74, 6) is 2.28. The molecule has 1 aromatic carbocycles. The molecule has 1 aliphatic heterocycles. The lowest BCUT2D eigenvalue weighted by Gasteiger charge is -2.31. The molecule has 3 aliphatic rings. The van der Waals surface area contributed by atoms with Crippen molar-refractivity contribution in [3.8, 4) is 11.5 Å². The topological polar surface area (TPSA) is 47.7 Å². The summed E-state index contributed by atoms with van der Waals surface area (Å²) in [5.41, 5.74) is 7.26. The van der Waals surface area contributed by atoms with Crippen LogP contribution in [0.3, 0.4) is 0 Å². The van der Waals surface area contributed by atoms with Crippen molar-refractivity contribution in [1.29, 1.82) is 0 Å². The summed E-state index contributed by atoms with van der Waals surface area (Å²) < 4.78 is 10.9. The van der Waals surface area contributed by atoms with Crippen LogP contribution in [0.15, 0.2) is 12.1 Å². The Morgan fingerprint density at radius 1 is 1.24 bits per heavy atom. The Morgan fingerprint density at radius 2 is 2.05 bits per heavy atom. The van der Waals surface area contributed by atoms with Crippen molar-refractivity contribution in [2.24, 2.45) is 11.7 Å². The van der Waals surface area contributed by atoms with E-state index in [1.165, 1.54) is 32.2 Å². The molecule has 114 valence electrons. The van der Waals surface area contributed by atoms with Crippen LogP contribution >= 0.6 is 11.6 Å². The first kappa shape index (κ1) is 13.7. The van der Waals surface area contributed by atoms with Gasteiger partial charge in [-0.05, 0) is 49.3 Å². The molecule has 1 unspecified atom stereocenters. The molecule has 1 atom stereocenters. The highest BCUT2D eigenvalue weighted by molar-refractivity contribution is 6.32. The van der Waals surface area contributed by atoms with Gasteiger partial charge in [0.25, 0.3) is 0 Å². The fourth-order valence-corrected chi connectivity index (χ4v) is 3.45. The Hall–Kier alpha value is -0.970. The maximum Gasteiger partial charge on any atom is 0.231 e. The van der Waals surface area contributed by atoms with E-state index in [2.05, 4.69) is 4.90 Å². The number of fused-ring (bicyclic) bond motifs is 1. The van der Waals surface area contributed by atoms with Crippen molar-refractivity contribution in [3.63, 3.8) is 0 Å². The highest BCUT2D eigenvalue weighted by Crippen LogP contribution is 2.44. The van der Waals surface area contributed by atoms with Crippen molar-refractivity contribution in [1.82, 2.24) is 4.90 Å². The largest absolute Gasteiger partial charge is 0.454 e. The summed E-state index contributed by atoms with van der Waals surface area (Å²) in [6.45, 7) is 2.03. The van der Waals surface area contributed by atoms with Crippen molar-refractivity contribution in [2.45, 2.75) is 37.8 Å². The highest BCUT2D eigenvalue weighted by atomic mass is 35.5. The number of hydrogen-bond donors (Lipinski definition) is 1. The summed E-state index contributed by atoms with van der Waals surface area (Å²) in [7, 11) is 0. The number of benzene rings is 1. The molecule has 2 saturated carbocycles. The number of nitrogens with zero attached hydrogens (tertiary/aromatic N) is 1. The predicted molar refractivity (Wildman–Crippen MR) is 81.8 cm³/mol. The second kappa shape index (κ2) is 5.34. The van der Waals surface area contributed by atoms with Crippen LogP contribution in [0.4, 0.5) is 0 Å². The Labute approximate surface area is 130 Å². The van der Waals surface area contributed by atoms with E-state index < -0.39 is 0 Å². The van der Waals surface area contributed by atoms with Crippen LogP contribution in [-0.2, 0) is 0 Å². The molecule has 4 rings (SSSR count). The standard InChI is InChI=1S/C16H21ClN2O2/c17-13-5-11(6-15-16(13)21-9-20-15)14(7-18)19(12-3-4-12)8-10-1-2-10/h5-6,10,12,14H,1-4,7-9,18H2. The minimum absolute atomic E-state index is 0.227. The molecule has 5 heteroatoms. The quantitative estimate of drug-likeness (QED) is 0.878. The number of hydrogen-bond acceptors (Lipinski definition) is 4. The molecular weight excluding hydrogens is 288 g/mol. The summed E-state index contributed by atoms with van der Waals surface area (Å²) in [5, 5.41) is 0.626. The van der Waals surface area contributed by atoms with Gasteiger partial charge in [0.15, 0.2) is 11.5 Å². The van der Waals surface area contributed by atoms with E-state index in [1.54, 1.807) is 0 Å². The number of ether oxygens (including phenoxy) is 2. The smallest absolute Gasteiger partial charge is 0.231 e. The number of rotatable bonds is 6. The van der Waals surface area contributed by atoms with Crippen LogP contribution in [-0.4, -0.2) is 30.8 Å². The molecule has 4 nitrogen and oxygen atoms in total. The third-order valence-corrected chi connectivity index (χ3v) is 4.92. The van der Waals surface area contributed by atoms with Gasteiger partial charge in [0.05, 0.1) is 5.02 Å². The Balaban J connectivity index is 1.63. The molecule has 0 bridgehead atoms. The second-order valence-corrected chi connectivity index (χ2v) is 6.77. The van der Waals surface area contributed by atoms with Crippen LogP contribution in [0.2, 0.25) is 5.02 Å². The van der Waals surface area contributed by atoms with Crippen LogP contribution in [0, 0.1) is 5.92 Å². The monoisotopic (exact) mass is 308 g/mol. The average molecular weight is 309 g/mol. The van der Waals surface area contributed by atoms with Crippen molar-refractivity contribution in [2.75, 3.05) is 19.9 Å². The van der Waals surface area contributed by atoms with Gasteiger partial charge in [-0.1, -0.05) is 11.6 Å². The summed E-state index contributed by atoms with van der Waals surface area (Å²) >= 11 is 6.33. The van der Waals surface area contributed by atoms with Gasteiger partial charge in [0, 0.05) is 25.2 Å². The van der Waals surface area contributed by atoms with Crippen LogP contribution in [0.5, 0.6) is 11.5 Å². The van der Waals surface area contributed by atoms with Gasteiger partial charge in [-0.2, -0.15) is 0 Å². The van der Waals surface area contributed by atoms with E-state index >= 15 is 0 Å². The van der Waals surface area contributed by atoms with E-state index in [0.717, 1.165) is 17.2 Å². The lowest BCUT2D eigenvalue weighted by molar-refractivity contribution is 0.173. The minimum atomic E-state index is 0.227. The Bertz CT molecular complexity index is 543. The van der Waals surface area contributed by atoms with Gasteiger partial charge in [-0.3, -0.25) is 4.90 Å². The molecule has 1 heterocycles. The van der Waals surface area contributed by atoms with Crippen molar-refractivity contribution < 1.29 is 9.47 Å². The van der Waals surface area contributed by atoms with Crippen LogP contribution in [0.1, 0.15) is 37.3 Å². The van der Waals surface area contributed by atoms with Gasteiger partial charge < -0.3 is 15.2 Å². The van der Waals surface area contributed by atoms with Gasteiger partial charge in [0.2, 0.25) is 6.79 Å². The lowest BCUT2D eigenvalue weighted by Crippen LogP contribution is -2.37. The molecule has 2 aliphatic carbocycles. The van der Waals surface area contributed by atoms with E-state index in [-0.39, 0.29) is 12.8 Å². The fourth-order valence-electron chi connectivity index (χ4n) is 3.18. The van der Waals surface area contributed by atoms with E-state index in [0.29, 0.717) is 23.4 Å². The van der Waals surface area contributed by atoms with Gasteiger partial charge in [-0.25, -0.2) is 0 Å². The lowest BCUT2D eigenvalue weighted by atomic mass is 10.0. The Morgan fingerprint density at radius 3 is 2.71 bits per heavy atom. The summed E-state index contributed by atoms with van der Waals surface area (Å²) in [4.78, 5) is 2.59. The van der Waals surface area contributed by atoms with Crippen LogP contribution < -0.4 is 15.2 Å². The van der Waals surface area contributed by atoms with Gasteiger partial charge in [0.1, 0.15) is 0 Å². The number of nitrogens with two attached hydrogens (primary N) is 1. The maximum atomic E-state index is 6.33. The molecule has 0 spiro atoms. The zero-order valence-corrected chi connectivity index (χ0v) is 12.8. The molecule has 0 amide bonds. The normalized spacial score (nSPS) is 21.9. The first-order chi connectivity index (χ1) is 10.3. The maximum absolute atomic E-state index is 6.33. The first-order valence-corrected chi connectivity index (χ1v) is 8.19. The number of halogens is 1. The second-order valence-electron chi connectivity index (χ2n) is 6.36. The molecular formula is C16H21ClN2O2. The third-order valence-electron chi connectivity index (χ3n) is 4.64. The highest BCUT2D eigenvalue weighted by Gasteiger charge is 2.38. The van der Waals surface area contributed by atoms with E-state index in [4.69, 9.17) is 26.8 Å². The average Bonchev–Trinajstić information content (AvgIpc) is 3.38. The molecule has 2 fully saturated rings. The fraction of sp³-hybridized carbons (Fsp3) is 0.625. The minimum Gasteiger partial charge on any atom is -0.454 e. The predicted octanol–water partition coefficient (Wildman–Crippen LogP) is 2.94. The molecule has 1 aromatic rings. The zero-order valence-electron chi connectivity index (χ0n) is 12.1. The molecule has 0 radical (unpaired) electrons. The molecule has 0 saturated heterocycles. The third kappa shape index (κ3) is 2.72. The summed E-state index contributed by atoms with van der Waals surface area (Å²) in [6, 6.07) is 4.97. The zero-order chi connectivity index (χ0) is 14.4. The first-order valence-electron chi connectivity index (χ1n) is 7.81. The Kier molecular flexibility index (Phi) is 3.48. The van der Waals surface area contributed by atoms with Crippen molar-refractivity contribution in [3.05, 3.63) is 22.7 Å². The molecule has 21 heavy (non-hydrogen) atoms. The SMILES string of the molecule is NCC(c1cc(Cl)c2c(c1)OCO2)N(CC1CC1)C1CC1. The van der Waals surface area contributed by atoms with Gasteiger partial charge in [-0.15, -0.1) is 0 Å². The van der Waals surface area contributed by atoms with Gasteiger partial charge >= 0.3 is 0 Å². The summed E-state index contributed by atoms with van der Waals surface area (Å²) in [6.07, 6.45) is 5.31. The molecule has 2 N–H and O–H groups in total. The molecule has 0 aromatic heterocycles. The van der Waals surface area contributed by atoms with Crippen LogP contribution in [0.25, 0.3) is 0 Å². The van der Waals surface area contributed by atoms with E-state index in [1.807, 2.05) is 12.1 Å². The van der Waals surface area contributed by atoms with E-state index in [9.17, 15) is 0 Å². The van der Waals surface area contributed by atoms with Crippen molar-refractivity contribution >= 4 is 11.6 Å².